The third-order valence-corrected chi connectivity index (χ3v) is 9.27. The monoisotopic (exact) mass is 693 g/mol. The SMILES string of the molecule is CCCC/C=C\CCCCCCCC(=O)OC(COC(=O)CCCCCCCC)COC(=O)CCCCCCCCCCCCCCCC. The van der Waals surface area contributed by atoms with Gasteiger partial charge in [0.15, 0.2) is 6.10 Å². The molecule has 6 nitrogen and oxygen atoms in total. The molecule has 0 aromatic heterocycles. The van der Waals surface area contributed by atoms with Gasteiger partial charge in [0.2, 0.25) is 0 Å². The standard InChI is InChI=1S/C43H80O6/c1-4-7-10-13-16-18-20-21-22-24-25-27-30-33-36-42(45)48-39-40(38-47-41(44)35-32-29-15-12-9-6-3)49-43(46)37-34-31-28-26-23-19-17-14-11-8-5-2/h14,17,40H,4-13,15-16,18-39H2,1-3H3/b17-14-. The van der Waals surface area contributed by atoms with Gasteiger partial charge in [-0.05, 0) is 38.5 Å². The zero-order chi connectivity index (χ0) is 35.9. The van der Waals surface area contributed by atoms with Gasteiger partial charge in [-0.1, -0.05) is 181 Å². The van der Waals surface area contributed by atoms with E-state index in [-0.39, 0.29) is 31.1 Å². The first-order valence-electron chi connectivity index (χ1n) is 21.2. The molecule has 1 atom stereocenters. The summed E-state index contributed by atoms with van der Waals surface area (Å²) in [7, 11) is 0. The van der Waals surface area contributed by atoms with Crippen molar-refractivity contribution in [1.29, 1.82) is 0 Å². The molecule has 0 rings (SSSR count). The van der Waals surface area contributed by atoms with Crippen molar-refractivity contribution in [3.8, 4) is 0 Å². The molecule has 0 fully saturated rings. The Bertz CT molecular complexity index is 763. The molecular weight excluding hydrogens is 612 g/mol. The van der Waals surface area contributed by atoms with Gasteiger partial charge >= 0.3 is 17.9 Å². The molecule has 0 N–H and O–H groups in total. The summed E-state index contributed by atoms with van der Waals surface area (Å²) in [5.74, 6) is -0.886. The fraction of sp³-hybridized carbons (Fsp3) is 0.884. The molecule has 0 aromatic carbocycles. The zero-order valence-corrected chi connectivity index (χ0v) is 32.7. The zero-order valence-electron chi connectivity index (χ0n) is 32.7. The predicted octanol–water partition coefficient (Wildman–Crippen LogP) is 13.1. The molecule has 1 unspecified atom stereocenters. The highest BCUT2D eigenvalue weighted by molar-refractivity contribution is 5.71. The van der Waals surface area contributed by atoms with Gasteiger partial charge in [-0.15, -0.1) is 0 Å². The summed E-state index contributed by atoms with van der Waals surface area (Å²) in [4.78, 5) is 37.4. The smallest absolute Gasteiger partial charge is 0.306 e. The summed E-state index contributed by atoms with van der Waals surface area (Å²) in [6.07, 6.45) is 39.2. The Morgan fingerprint density at radius 1 is 0.388 bits per heavy atom. The predicted molar refractivity (Wildman–Crippen MR) is 206 cm³/mol. The average molecular weight is 693 g/mol. The molecule has 0 radical (unpaired) electrons. The molecule has 0 spiro atoms. The van der Waals surface area contributed by atoms with Crippen molar-refractivity contribution in [2.24, 2.45) is 0 Å². The van der Waals surface area contributed by atoms with E-state index in [1.54, 1.807) is 0 Å². The summed E-state index contributed by atoms with van der Waals surface area (Å²) >= 11 is 0. The number of carbonyl (C=O) groups is 3. The van der Waals surface area contributed by atoms with Gasteiger partial charge in [-0.25, -0.2) is 0 Å². The molecule has 0 saturated carbocycles. The van der Waals surface area contributed by atoms with Crippen LogP contribution >= 0.6 is 0 Å². The second kappa shape index (κ2) is 38.9. The minimum absolute atomic E-state index is 0.0702. The van der Waals surface area contributed by atoms with Crippen LogP contribution in [0, 0.1) is 0 Å². The minimum atomic E-state index is -0.763. The maximum absolute atomic E-state index is 12.6. The molecule has 288 valence electrons. The Morgan fingerprint density at radius 2 is 0.694 bits per heavy atom. The van der Waals surface area contributed by atoms with Gasteiger partial charge in [-0.3, -0.25) is 14.4 Å². The lowest BCUT2D eigenvalue weighted by atomic mass is 10.0. The fourth-order valence-electron chi connectivity index (χ4n) is 6.01. The average Bonchev–Trinajstić information content (AvgIpc) is 3.10. The number of hydrogen-bond acceptors (Lipinski definition) is 6. The highest BCUT2D eigenvalue weighted by Crippen LogP contribution is 2.15. The third kappa shape index (κ3) is 37.2. The molecule has 0 aliphatic carbocycles. The molecule has 49 heavy (non-hydrogen) atoms. The first kappa shape index (κ1) is 47.1. The largest absolute Gasteiger partial charge is 0.462 e. The molecule has 0 heterocycles. The molecule has 0 bridgehead atoms. The normalized spacial score (nSPS) is 12.0. The molecule has 0 amide bonds. The number of carbonyl (C=O) groups excluding carboxylic acids is 3. The van der Waals surface area contributed by atoms with E-state index in [4.69, 9.17) is 14.2 Å². The highest BCUT2D eigenvalue weighted by Gasteiger charge is 2.19. The fourth-order valence-corrected chi connectivity index (χ4v) is 6.01. The van der Waals surface area contributed by atoms with Crippen molar-refractivity contribution in [2.75, 3.05) is 13.2 Å². The van der Waals surface area contributed by atoms with E-state index < -0.39 is 6.10 Å². The van der Waals surface area contributed by atoms with Crippen molar-refractivity contribution < 1.29 is 28.6 Å². The molecule has 0 saturated heterocycles. The van der Waals surface area contributed by atoms with Gasteiger partial charge in [-0.2, -0.15) is 0 Å². The van der Waals surface area contributed by atoms with E-state index in [1.165, 1.54) is 122 Å². The number of hydrogen-bond donors (Lipinski definition) is 0. The van der Waals surface area contributed by atoms with Crippen molar-refractivity contribution in [3.05, 3.63) is 12.2 Å². The molecule has 0 aliphatic rings. The number of esters is 3. The van der Waals surface area contributed by atoms with Crippen LogP contribution in [0.5, 0.6) is 0 Å². The topological polar surface area (TPSA) is 78.9 Å². The van der Waals surface area contributed by atoms with Gasteiger partial charge in [0, 0.05) is 19.3 Å². The molecule has 0 aliphatic heterocycles. The lowest BCUT2D eigenvalue weighted by Crippen LogP contribution is -2.30. The van der Waals surface area contributed by atoms with Crippen LogP contribution in [-0.4, -0.2) is 37.2 Å². The van der Waals surface area contributed by atoms with Gasteiger partial charge in [0.05, 0.1) is 0 Å². The van der Waals surface area contributed by atoms with E-state index in [0.29, 0.717) is 19.3 Å². The summed E-state index contributed by atoms with van der Waals surface area (Å²) in [6, 6.07) is 0. The van der Waals surface area contributed by atoms with Crippen LogP contribution in [0.2, 0.25) is 0 Å². The summed E-state index contributed by atoms with van der Waals surface area (Å²) in [5.41, 5.74) is 0. The first-order valence-corrected chi connectivity index (χ1v) is 21.2. The maximum Gasteiger partial charge on any atom is 0.306 e. The Hall–Kier alpha value is -1.85. The van der Waals surface area contributed by atoms with Crippen LogP contribution in [0.4, 0.5) is 0 Å². The van der Waals surface area contributed by atoms with Crippen LogP contribution in [0.15, 0.2) is 12.2 Å². The van der Waals surface area contributed by atoms with Gasteiger partial charge in [0.1, 0.15) is 13.2 Å². The molecule has 6 heteroatoms. The van der Waals surface area contributed by atoms with Crippen LogP contribution in [-0.2, 0) is 28.6 Å². The van der Waals surface area contributed by atoms with Crippen LogP contribution in [0.25, 0.3) is 0 Å². The van der Waals surface area contributed by atoms with Crippen LogP contribution in [0.3, 0.4) is 0 Å². The summed E-state index contributed by atoms with van der Waals surface area (Å²) < 4.78 is 16.6. The van der Waals surface area contributed by atoms with Crippen molar-refractivity contribution in [1.82, 2.24) is 0 Å². The Kier molecular flexibility index (Phi) is 37.5. The second-order valence-electron chi connectivity index (χ2n) is 14.3. The lowest BCUT2D eigenvalue weighted by Gasteiger charge is -2.18. The quantitative estimate of drug-likeness (QED) is 0.0277. The van der Waals surface area contributed by atoms with E-state index in [2.05, 4.69) is 32.9 Å². The maximum atomic E-state index is 12.6. The van der Waals surface area contributed by atoms with Crippen molar-refractivity contribution >= 4 is 17.9 Å². The highest BCUT2D eigenvalue weighted by atomic mass is 16.6. The van der Waals surface area contributed by atoms with E-state index >= 15 is 0 Å². The van der Waals surface area contributed by atoms with E-state index in [9.17, 15) is 14.4 Å². The van der Waals surface area contributed by atoms with Crippen molar-refractivity contribution in [2.45, 2.75) is 232 Å². The Labute approximate surface area is 303 Å². The first-order chi connectivity index (χ1) is 24.0. The third-order valence-electron chi connectivity index (χ3n) is 9.27. The number of allylic oxidation sites excluding steroid dienone is 2. The van der Waals surface area contributed by atoms with E-state index in [0.717, 1.165) is 64.2 Å². The lowest BCUT2D eigenvalue weighted by molar-refractivity contribution is -0.167. The summed E-state index contributed by atoms with van der Waals surface area (Å²) in [5, 5.41) is 0. The number of ether oxygens (including phenoxy) is 3. The molecular formula is C43H80O6. The minimum Gasteiger partial charge on any atom is -0.462 e. The van der Waals surface area contributed by atoms with Crippen molar-refractivity contribution in [3.63, 3.8) is 0 Å². The number of unbranched alkanes of at least 4 members (excludes halogenated alkanes) is 25. The van der Waals surface area contributed by atoms with Gasteiger partial charge < -0.3 is 14.2 Å². The van der Waals surface area contributed by atoms with Crippen LogP contribution < -0.4 is 0 Å². The Morgan fingerprint density at radius 3 is 1.08 bits per heavy atom. The van der Waals surface area contributed by atoms with E-state index in [1.807, 2.05) is 0 Å². The van der Waals surface area contributed by atoms with Gasteiger partial charge in [0.25, 0.3) is 0 Å². The summed E-state index contributed by atoms with van der Waals surface area (Å²) in [6.45, 7) is 6.53. The van der Waals surface area contributed by atoms with Crippen LogP contribution in [0.1, 0.15) is 226 Å². The Balaban J connectivity index is 4.26. The molecule has 0 aromatic rings. The second-order valence-corrected chi connectivity index (χ2v) is 14.3. The number of rotatable bonds is 38.